The van der Waals surface area contributed by atoms with Crippen molar-refractivity contribution in [3.8, 4) is 67.5 Å². The number of carbonyl (C=O) groups is 8. The molecule has 0 saturated carbocycles. The topological polar surface area (TPSA) is 244 Å². The van der Waals surface area contributed by atoms with Crippen molar-refractivity contribution in [2.24, 2.45) is 0 Å². The average Bonchev–Trinajstić information content (AvgIpc) is 0.796. The Morgan fingerprint density at radius 1 is 0.275 bits per heavy atom. The van der Waals surface area contributed by atoms with Crippen LogP contribution in [0.3, 0.4) is 0 Å². The van der Waals surface area contributed by atoms with Gasteiger partial charge in [0.15, 0.2) is 11.5 Å². The predicted molar refractivity (Wildman–Crippen MR) is 519 cm³/mol. The van der Waals surface area contributed by atoms with Gasteiger partial charge in [-0.2, -0.15) is 0 Å². The molecule has 31 heteroatoms. The van der Waals surface area contributed by atoms with Crippen LogP contribution in [0.4, 0.5) is 66.7 Å². The van der Waals surface area contributed by atoms with E-state index in [1.165, 1.54) is 32.4 Å². The summed E-state index contributed by atoms with van der Waals surface area (Å²) in [6.07, 6.45) is 0. The fraction of sp³-hybridized carbons (Fsp3) is 0.225. The van der Waals surface area contributed by atoms with Crippen LogP contribution in [0.15, 0.2) is 279 Å². The molecule has 740 valence electrons. The van der Waals surface area contributed by atoms with Crippen LogP contribution < -0.4 is 33.8 Å². The van der Waals surface area contributed by atoms with Crippen molar-refractivity contribution in [1.82, 2.24) is 0 Å². The molecule has 13 rings (SSSR count). The summed E-state index contributed by atoms with van der Waals surface area (Å²) < 4.78 is 186. The van der Waals surface area contributed by atoms with Gasteiger partial charge in [-0.15, -0.1) is 0 Å². The second-order valence-corrected chi connectivity index (χ2v) is 35.7. The number of aliphatic hydroxyl groups excluding tert-OH is 1. The lowest BCUT2D eigenvalue weighted by atomic mass is 9.99. The van der Waals surface area contributed by atoms with Crippen LogP contribution in [0.2, 0.25) is 0 Å². The van der Waals surface area contributed by atoms with Gasteiger partial charge >= 0.3 is 23.9 Å². The molecule has 0 aromatic heterocycles. The number of halogens is 10. The van der Waals surface area contributed by atoms with Crippen LogP contribution in [0.25, 0.3) is 44.5 Å². The van der Waals surface area contributed by atoms with E-state index in [0.717, 1.165) is 77.7 Å². The second kappa shape index (κ2) is 48.2. The summed E-state index contributed by atoms with van der Waals surface area (Å²) in [4.78, 5) is 108. The van der Waals surface area contributed by atoms with Gasteiger partial charge in [0.05, 0.1) is 27.4 Å². The number of hydrogen-bond donors (Lipinski definition) is 1. The zero-order valence-electron chi connectivity index (χ0n) is 80.3. The lowest BCUT2D eigenvalue weighted by Crippen LogP contribution is -2.39. The third kappa shape index (κ3) is 30.1. The number of nitrogens with zero attached hydrogens (tertiary/aromatic N) is 4. The number of benzene rings is 13. The number of para-hydroxylation sites is 1. The molecule has 0 atom stereocenters. The zero-order valence-corrected chi connectivity index (χ0v) is 80.3. The smallest absolute Gasteiger partial charge is 0.326 e. The standard InChI is InChI=1S/C31H26F3NO4.C27H27F2NO5.C27H27F2NO4.C26H24F3NO4/c1-31(2,3)39-28(36)19-35(30(37)29-26(33)17-22(32)18-27(29)34)23-9-7-8-21(16-23)20-12-14-25(15-13-20)38-24-10-5-4-6-11-24;1-27(2,3)35-24(31)16-30(26(32)25-20(28)10-7-11-21(25)29)19-9-6-8-17(14-19)18-12-13-22(33-4)23(15-18)34-5;1-27(2,3)34-24(31)16-30(26(32)25-22(28)13-8-14-23(25)29)20-11-7-10-18(15-20)21-12-6-5-9-19(21)17-33-4;1-26(2,3)34-23(32)14-30(25(33)24-21(28)12-18(27)13-22(24)29)19-9-6-8-16(11-19)20-10-5-4-7-17(20)15-31/h4-18H,19H2,1-3H3;6-15H,16H2,1-5H3;5-15H,16-17H2,1-4H3;4-13,31H,14-15H2,1-3H3. The molecule has 13 aromatic carbocycles. The molecule has 13 aromatic rings. The monoisotopic (exact) mass is 1950 g/mol. The molecule has 0 radical (unpaired) electrons. The highest BCUT2D eigenvalue weighted by Crippen LogP contribution is 2.39. The number of rotatable bonds is 27. The van der Waals surface area contributed by atoms with Crippen LogP contribution in [-0.4, -0.2) is 123 Å². The van der Waals surface area contributed by atoms with Gasteiger partial charge in [0, 0.05) is 54.1 Å². The van der Waals surface area contributed by atoms with Gasteiger partial charge in [-0.1, -0.05) is 146 Å². The lowest BCUT2D eigenvalue weighted by molar-refractivity contribution is -0.154. The fourth-order valence-electron chi connectivity index (χ4n) is 14.3. The molecule has 0 bridgehead atoms. The van der Waals surface area contributed by atoms with Crippen molar-refractivity contribution in [3.63, 3.8) is 0 Å². The third-order valence-corrected chi connectivity index (χ3v) is 20.2. The molecular weight excluding hydrogens is 1850 g/mol. The van der Waals surface area contributed by atoms with Crippen molar-refractivity contribution in [2.45, 2.75) is 119 Å². The van der Waals surface area contributed by atoms with E-state index in [1.54, 1.807) is 224 Å². The van der Waals surface area contributed by atoms with Gasteiger partial charge < -0.3 is 43.0 Å². The van der Waals surface area contributed by atoms with E-state index in [-0.39, 0.29) is 23.7 Å². The molecular formula is C111H104F10N4O17. The summed E-state index contributed by atoms with van der Waals surface area (Å²) in [6.45, 7) is 17.9. The number of esters is 4. The number of carbonyl (C=O) groups excluding carboxylic acids is 8. The molecule has 0 unspecified atom stereocenters. The number of ether oxygens (including phenoxy) is 8. The van der Waals surface area contributed by atoms with E-state index in [1.807, 2.05) is 72.8 Å². The van der Waals surface area contributed by atoms with Crippen molar-refractivity contribution in [2.75, 3.05) is 67.1 Å². The summed E-state index contributed by atoms with van der Waals surface area (Å²) >= 11 is 0. The minimum absolute atomic E-state index is 0.157. The highest BCUT2D eigenvalue weighted by molar-refractivity contribution is 6.12. The third-order valence-electron chi connectivity index (χ3n) is 20.2. The van der Waals surface area contributed by atoms with E-state index in [4.69, 9.17) is 37.9 Å². The Kier molecular flexibility index (Phi) is 36.8. The first kappa shape index (κ1) is 108. The Morgan fingerprint density at radius 2 is 0.556 bits per heavy atom. The molecule has 4 amide bonds. The van der Waals surface area contributed by atoms with Crippen molar-refractivity contribution >= 4 is 70.3 Å². The van der Waals surface area contributed by atoms with E-state index in [9.17, 15) is 87.4 Å². The van der Waals surface area contributed by atoms with Crippen molar-refractivity contribution < 1.29 is 125 Å². The summed E-state index contributed by atoms with van der Waals surface area (Å²) in [5.74, 6) is -16.9. The Morgan fingerprint density at radius 3 is 0.894 bits per heavy atom. The summed E-state index contributed by atoms with van der Waals surface area (Å²) in [5.41, 5.74) is 1.41. The average molecular weight is 1960 g/mol. The number of hydrogen-bond acceptors (Lipinski definition) is 17. The van der Waals surface area contributed by atoms with Crippen molar-refractivity contribution in [1.29, 1.82) is 0 Å². The first-order chi connectivity index (χ1) is 67.1. The first-order valence-electron chi connectivity index (χ1n) is 44.2. The van der Waals surface area contributed by atoms with Crippen LogP contribution in [0, 0.1) is 58.2 Å². The quantitative estimate of drug-likeness (QED) is 0.0286. The predicted octanol–water partition coefficient (Wildman–Crippen LogP) is 24.2. The number of anilines is 4. The van der Waals surface area contributed by atoms with Crippen LogP contribution in [0.1, 0.15) is 136 Å². The molecule has 0 fully saturated rings. The van der Waals surface area contributed by atoms with Gasteiger partial charge in [-0.3, -0.25) is 58.0 Å². The molecule has 142 heavy (non-hydrogen) atoms. The number of aliphatic hydroxyl groups is 1. The van der Waals surface area contributed by atoms with Gasteiger partial charge in [0.2, 0.25) is 0 Å². The van der Waals surface area contributed by atoms with Crippen LogP contribution in [0.5, 0.6) is 23.0 Å². The van der Waals surface area contributed by atoms with Gasteiger partial charge in [-0.05, 0) is 248 Å². The van der Waals surface area contributed by atoms with Gasteiger partial charge in [0.1, 0.15) is 141 Å². The minimum Gasteiger partial charge on any atom is -0.493 e. The highest BCUT2D eigenvalue weighted by atomic mass is 19.2. The van der Waals surface area contributed by atoms with Crippen LogP contribution >= 0.6 is 0 Å². The maximum absolute atomic E-state index is 14.5. The largest absolute Gasteiger partial charge is 0.493 e. The zero-order chi connectivity index (χ0) is 104. The van der Waals surface area contributed by atoms with Gasteiger partial charge in [-0.25, -0.2) is 43.9 Å². The summed E-state index contributed by atoms with van der Waals surface area (Å²) in [6, 6.07) is 70.8. The highest BCUT2D eigenvalue weighted by Gasteiger charge is 2.35. The maximum Gasteiger partial charge on any atom is 0.326 e. The molecule has 0 aliphatic heterocycles. The number of amides is 4. The molecule has 0 heterocycles. The molecule has 1 N–H and O–H groups in total. The molecule has 0 aliphatic rings. The Balaban J connectivity index is 0.000000195. The van der Waals surface area contributed by atoms with E-state index in [2.05, 4.69) is 0 Å². The SMILES string of the molecule is CC(C)(C)OC(=O)CN(C(=O)c1c(F)cc(F)cc1F)c1cccc(-c2ccc(Oc3ccccc3)cc2)c1.CC(C)(C)OC(=O)CN(C(=O)c1c(F)cc(F)cc1F)c1cccc(-c2ccccc2CO)c1.COCc1ccccc1-c1cccc(N(CC(=O)OC(C)(C)C)C(=O)c2c(F)cccc2F)c1.COc1ccc(-c2cccc(N(CC(=O)OC(C)(C)C)C(=O)c3c(F)cccc3F)c2)cc1OC. The maximum atomic E-state index is 14.5. The minimum atomic E-state index is -1.39. The number of methoxy groups -OCH3 is 3. The Labute approximate surface area is 815 Å². The molecule has 0 spiro atoms. The van der Waals surface area contributed by atoms with E-state index in [0.29, 0.717) is 87.4 Å². The Hall–Kier alpha value is -15.8. The second-order valence-electron chi connectivity index (χ2n) is 35.7. The normalized spacial score (nSPS) is 11.2. The van der Waals surface area contributed by atoms with E-state index >= 15 is 0 Å². The first-order valence-corrected chi connectivity index (χ1v) is 44.2. The lowest BCUT2D eigenvalue weighted by Gasteiger charge is -2.26. The van der Waals surface area contributed by atoms with Crippen LogP contribution in [-0.2, 0) is 56.1 Å². The summed E-state index contributed by atoms with van der Waals surface area (Å²) in [7, 11) is 4.64. The van der Waals surface area contributed by atoms with Gasteiger partial charge in [0.25, 0.3) is 23.6 Å². The van der Waals surface area contributed by atoms with E-state index < -0.39 is 177 Å². The molecule has 0 saturated heterocycles. The van der Waals surface area contributed by atoms with Crippen molar-refractivity contribution in [3.05, 3.63) is 371 Å². The Bertz CT molecular complexity index is 6630. The fourth-order valence-corrected chi connectivity index (χ4v) is 14.3. The molecule has 21 nitrogen and oxygen atoms in total. The summed E-state index contributed by atoms with van der Waals surface area (Å²) in [5, 5.41) is 9.67. The molecule has 0 aliphatic carbocycles.